The third-order valence-electron chi connectivity index (χ3n) is 13.4. The Morgan fingerprint density at radius 3 is 1.35 bits per heavy atom. The summed E-state index contributed by atoms with van der Waals surface area (Å²) in [6.07, 6.45) is 15.2. The normalized spacial score (nSPS) is 17.0. The van der Waals surface area contributed by atoms with Crippen LogP contribution in [0.2, 0.25) is 0 Å². The molecule has 6 aromatic rings. The molecule has 1 atom stereocenters. The minimum Gasteiger partial charge on any atom is -0.483 e. The molecule has 6 heterocycles. The Morgan fingerprint density at radius 2 is 0.963 bits per heavy atom. The van der Waals surface area contributed by atoms with E-state index in [1.807, 2.05) is 9.80 Å². The maximum atomic E-state index is 13.9. The van der Waals surface area contributed by atoms with E-state index in [1.54, 1.807) is 6.26 Å². The van der Waals surface area contributed by atoms with Crippen LogP contribution in [-0.2, 0) is 42.4 Å². The molecule has 0 N–H and O–H groups in total. The SMILES string of the molecule is C.C.CS(=O)c1nncc(CS(=O)(=O)N2CCN(c3cnn(-c4cc(F)cc(F)c4)c(=O)c3OC3CCCC3)CC2)n1.CSc1nncc(CS(=O)(=O)N2CCN(c3cnn(-c4cc(F)cc(F)c4)c(=O)c3OC3CCCC3)CC2)n1. The van der Waals surface area contributed by atoms with Gasteiger partial charge >= 0.3 is 11.1 Å². The summed E-state index contributed by atoms with van der Waals surface area (Å²) in [5.74, 6) is -4.04. The number of aromatic nitrogens is 10. The number of ether oxygens (including phenoxy) is 2. The number of hydrogen-bond acceptors (Lipinski definition) is 20. The lowest BCUT2D eigenvalue weighted by molar-refractivity contribution is 0.205. The lowest BCUT2D eigenvalue weighted by atomic mass is 10.2. The highest BCUT2D eigenvalue weighted by Crippen LogP contribution is 2.33. The average molecular weight is 1210 g/mol. The number of anilines is 2. The fraction of sp³-hybridized carbons (Fsp3) is 0.480. The Hall–Kier alpha value is -6.54. The number of halogens is 4. The molecule has 2 saturated carbocycles. The van der Waals surface area contributed by atoms with Crippen molar-refractivity contribution in [2.24, 2.45) is 0 Å². The van der Waals surface area contributed by atoms with Crippen LogP contribution in [0.4, 0.5) is 28.9 Å². The largest absolute Gasteiger partial charge is 0.483 e. The Kier molecular flexibility index (Phi) is 20.7. The zero-order chi connectivity index (χ0) is 56.0. The molecule has 438 valence electrons. The standard InChI is InChI=1S/C24H27F2N7O5S2.C24H27F2N7O4S2.2CH4/c1-39(35)24-29-18(13-27-30-24)15-40(36,37)32-8-6-31(7-9-32)21-14-28-33(19-11-16(25)10-17(26)12-19)23(34)22(21)38-20-4-2-3-5-20;1-38-24-29-18(13-27-30-24)15-39(35,36)32-8-6-31(7-9-32)21-14-28-33(19-11-16(25)10-17(26)12-19)23(34)22(21)37-20-4-2-3-5-20;;/h10-14,20H,2-9,15H2,1H3;10-14,20H,2-9,15H2,1H3;2*1H4. The average Bonchev–Trinajstić information content (AvgIpc) is 4.24. The predicted octanol–water partition coefficient (Wildman–Crippen LogP) is 5.07. The number of nitrogens with zero attached hydrogens (tertiary/aromatic N) is 14. The van der Waals surface area contributed by atoms with E-state index in [4.69, 9.17) is 9.47 Å². The zero-order valence-electron chi connectivity index (χ0n) is 42.7. The van der Waals surface area contributed by atoms with Gasteiger partial charge < -0.3 is 19.3 Å². The maximum Gasteiger partial charge on any atom is 0.316 e. The molecule has 23 nitrogen and oxygen atoms in total. The van der Waals surface area contributed by atoms with Gasteiger partial charge in [0, 0.05) is 70.7 Å². The van der Waals surface area contributed by atoms with Gasteiger partial charge in [0.15, 0.2) is 0 Å². The lowest BCUT2D eigenvalue weighted by Crippen LogP contribution is -2.49. The van der Waals surface area contributed by atoms with E-state index in [2.05, 4.69) is 40.6 Å². The summed E-state index contributed by atoms with van der Waals surface area (Å²) in [5, 5.41) is 23.7. The molecular weight excluding hydrogens is 1140 g/mol. The van der Waals surface area contributed by atoms with Crippen molar-refractivity contribution in [1.82, 2.24) is 58.5 Å². The van der Waals surface area contributed by atoms with E-state index < -0.39 is 71.0 Å². The molecule has 0 bridgehead atoms. The first-order chi connectivity index (χ1) is 37.8. The highest BCUT2D eigenvalue weighted by Gasteiger charge is 2.34. The van der Waals surface area contributed by atoms with Gasteiger partial charge in [-0.15, -0.1) is 10.2 Å². The predicted molar refractivity (Wildman–Crippen MR) is 295 cm³/mol. The summed E-state index contributed by atoms with van der Waals surface area (Å²) in [5.41, 5.74) is -0.179. The minimum atomic E-state index is -3.78. The highest BCUT2D eigenvalue weighted by molar-refractivity contribution is 7.98. The minimum absolute atomic E-state index is 0. The van der Waals surface area contributed by atoms with Crippen molar-refractivity contribution < 1.29 is 48.1 Å². The summed E-state index contributed by atoms with van der Waals surface area (Å²) in [6.45, 7) is 1.66. The Labute approximate surface area is 472 Å². The number of benzene rings is 2. The molecule has 4 aliphatic rings. The van der Waals surface area contributed by atoms with Gasteiger partial charge in [0.25, 0.3) is 0 Å². The van der Waals surface area contributed by atoms with Gasteiger partial charge in [-0.25, -0.2) is 44.4 Å². The van der Waals surface area contributed by atoms with Crippen LogP contribution >= 0.6 is 11.8 Å². The Balaban J connectivity index is 0.000000228. The number of hydrogen-bond donors (Lipinski definition) is 0. The van der Waals surface area contributed by atoms with E-state index in [0.29, 0.717) is 28.3 Å². The third-order valence-corrected chi connectivity index (χ3v) is 18.3. The quantitative estimate of drug-likeness (QED) is 0.0904. The van der Waals surface area contributed by atoms with E-state index in [1.165, 1.54) is 51.4 Å². The van der Waals surface area contributed by atoms with Crippen molar-refractivity contribution in [2.45, 2.75) is 100 Å². The van der Waals surface area contributed by atoms with Crippen LogP contribution in [-0.4, -0.2) is 157 Å². The van der Waals surface area contributed by atoms with Crippen molar-refractivity contribution in [1.29, 1.82) is 0 Å². The van der Waals surface area contributed by atoms with Crippen LogP contribution in [0.1, 0.15) is 77.6 Å². The Bertz CT molecular complexity index is 3520. The summed E-state index contributed by atoms with van der Waals surface area (Å²) >= 11 is 1.27. The molecule has 4 aromatic heterocycles. The van der Waals surface area contributed by atoms with Crippen LogP contribution in [0.25, 0.3) is 11.4 Å². The van der Waals surface area contributed by atoms with E-state index >= 15 is 0 Å². The lowest BCUT2D eigenvalue weighted by Gasteiger charge is -2.36. The molecule has 10 rings (SSSR count). The van der Waals surface area contributed by atoms with Crippen molar-refractivity contribution in [3.8, 4) is 22.9 Å². The molecule has 0 amide bonds. The summed E-state index contributed by atoms with van der Waals surface area (Å²) in [6, 6.07) is 5.49. The molecule has 0 radical (unpaired) electrons. The van der Waals surface area contributed by atoms with Gasteiger partial charge in [-0.3, -0.25) is 13.8 Å². The third kappa shape index (κ3) is 15.1. The van der Waals surface area contributed by atoms with Crippen LogP contribution < -0.4 is 30.4 Å². The number of sulfonamides is 2. The van der Waals surface area contributed by atoms with Crippen molar-refractivity contribution in [3.63, 3.8) is 0 Å². The first kappa shape index (κ1) is 62.1. The molecule has 2 aliphatic carbocycles. The first-order valence-electron chi connectivity index (χ1n) is 25.0. The number of piperazine rings is 2. The topological polar surface area (TPSA) is 264 Å². The van der Waals surface area contributed by atoms with Crippen LogP contribution in [0.3, 0.4) is 0 Å². The smallest absolute Gasteiger partial charge is 0.316 e. The summed E-state index contributed by atoms with van der Waals surface area (Å²) in [7, 11) is -8.95. The molecule has 1 unspecified atom stereocenters. The molecular formula is C50H62F4N14O9S4. The van der Waals surface area contributed by atoms with Crippen LogP contribution in [0.15, 0.2) is 81.1 Å². The van der Waals surface area contributed by atoms with Crippen molar-refractivity contribution in [3.05, 3.63) is 117 Å². The highest BCUT2D eigenvalue weighted by atomic mass is 32.2. The van der Waals surface area contributed by atoms with Crippen molar-refractivity contribution in [2.75, 3.05) is 74.7 Å². The molecule has 81 heavy (non-hydrogen) atoms. The second kappa shape index (κ2) is 27.0. The van der Waals surface area contributed by atoms with E-state index in [9.17, 15) is 48.2 Å². The second-order valence-corrected chi connectivity index (χ2v) is 24.8. The molecule has 2 aliphatic heterocycles. The summed E-state index contributed by atoms with van der Waals surface area (Å²) in [4.78, 5) is 38.9. The van der Waals surface area contributed by atoms with Gasteiger partial charge in [0.2, 0.25) is 41.9 Å². The zero-order valence-corrected chi connectivity index (χ0v) is 46.0. The molecule has 2 saturated heterocycles. The molecule has 31 heteroatoms. The van der Waals surface area contributed by atoms with Gasteiger partial charge in [-0.1, -0.05) is 26.6 Å². The van der Waals surface area contributed by atoms with E-state index in [0.717, 1.165) is 91.1 Å². The summed E-state index contributed by atoms with van der Waals surface area (Å²) < 4.78 is 136. The van der Waals surface area contributed by atoms with E-state index in [-0.39, 0.29) is 119 Å². The van der Waals surface area contributed by atoms with Gasteiger partial charge in [-0.05, 0) is 81.9 Å². The second-order valence-electron chi connectivity index (χ2n) is 18.9. The van der Waals surface area contributed by atoms with Crippen LogP contribution in [0, 0.1) is 23.3 Å². The molecule has 2 aromatic carbocycles. The monoisotopic (exact) mass is 1210 g/mol. The fourth-order valence-electron chi connectivity index (χ4n) is 9.52. The van der Waals surface area contributed by atoms with Gasteiger partial charge in [0.05, 0.1) is 70.6 Å². The number of rotatable bonds is 16. The number of thioether (sulfide) groups is 1. The van der Waals surface area contributed by atoms with Gasteiger partial charge in [0.1, 0.15) is 46.1 Å². The Morgan fingerprint density at radius 1 is 0.580 bits per heavy atom. The van der Waals surface area contributed by atoms with Crippen molar-refractivity contribution >= 4 is 54.0 Å². The molecule has 4 fully saturated rings. The fourth-order valence-corrected chi connectivity index (χ4v) is 13.1. The molecule has 0 spiro atoms. The van der Waals surface area contributed by atoms with Gasteiger partial charge in [-0.2, -0.15) is 38.4 Å². The van der Waals surface area contributed by atoms with Crippen LogP contribution in [0.5, 0.6) is 11.5 Å². The maximum absolute atomic E-state index is 13.9. The first-order valence-corrected chi connectivity index (χ1v) is 31.1.